The predicted molar refractivity (Wildman–Crippen MR) is 113 cm³/mol. The van der Waals surface area contributed by atoms with Crippen molar-refractivity contribution >= 4 is 0 Å². The van der Waals surface area contributed by atoms with Crippen molar-refractivity contribution in [2.24, 2.45) is 0 Å². The number of nitrogens with zero attached hydrogens (tertiary/aromatic N) is 1. The molecule has 5 heteroatoms. The van der Waals surface area contributed by atoms with Crippen LogP contribution in [0.4, 0.5) is 17.6 Å². The Kier molecular flexibility index (Phi) is 7.46. The van der Waals surface area contributed by atoms with Gasteiger partial charge in [0.1, 0.15) is 34.9 Å². The first-order valence-electron chi connectivity index (χ1n) is 10.3. The van der Waals surface area contributed by atoms with Crippen LogP contribution in [-0.4, -0.2) is 0 Å². The lowest BCUT2D eigenvalue weighted by molar-refractivity contribution is 0.549. The van der Waals surface area contributed by atoms with Crippen molar-refractivity contribution < 1.29 is 17.6 Å². The first kappa shape index (κ1) is 22.6. The van der Waals surface area contributed by atoms with Crippen LogP contribution >= 0.6 is 0 Å². The van der Waals surface area contributed by atoms with Gasteiger partial charge in [0.15, 0.2) is 0 Å². The van der Waals surface area contributed by atoms with Gasteiger partial charge in [-0.2, -0.15) is 5.26 Å². The SMILES string of the molecule is CCCc1ccc(CCc2cc(F)c(CCc3cc(F)c(C#N)c(F)c3)c(F)c2)cc1. The number of aryl methyl sites for hydroxylation is 4. The van der Waals surface area contributed by atoms with Gasteiger partial charge < -0.3 is 0 Å². The van der Waals surface area contributed by atoms with Gasteiger partial charge in [0, 0.05) is 5.56 Å². The molecule has 0 unspecified atom stereocenters. The molecule has 0 bridgehead atoms. The Morgan fingerprint density at radius 3 is 1.52 bits per heavy atom. The van der Waals surface area contributed by atoms with Gasteiger partial charge in [0.25, 0.3) is 0 Å². The smallest absolute Gasteiger partial charge is 0.144 e. The summed E-state index contributed by atoms with van der Waals surface area (Å²) in [6, 6.07) is 14.4. The van der Waals surface area contributed by atoms with Gasteiger partial charge in [-0.1, -0.05) is 37.6 Å². The zero-order valence-corrected chi connectivity index (χ0v) is 17.3. The monoisotopic (exact) mass is 425 g/mol. The number of benzene rings is 3. The van der Waals surface area contributed by atoms with E-state index in [9.17, 15) is 17.6 Å². The van der Waals surface area contributed by atoms with Gasteiger partial charge in [-0.3, -0.25) is 0 Å². The van der Waals surface area contributed by atoms with Gasteiger partial charge >= 0.3 is 0 Å². The summed E-state index contributed by atoms with van der Waals surface area (Å²) in [4.78, 5) is 0. The van der Waals surface area contributed by atoms with Crippen molar-refractivity contribution in [1.29, 1.82) is 5.26 Å². The molecule has 3 rings (SSSR count). The Balaban J connectivity index is 1.65. The predicted octanol–water partition coefficient (Wildman–Crippen LogP) is 6.64. The zero-order chi connectivity index (χ0) is 22.4. The minimum absolute atomic E-state index is 0.0401. The van der Waals surface area contributed by atoms with Gasteiger partial charge in [-0.15, -0.1) is 0 Å². The van der Waals surface area contributed by atoms with E-state index < -0.39 is 28.8 Å². The van der Waals surface area contributed by atoms with E-state index in [1.807, 2.05) is 12.1 Å². The summed E-state index contributed by atoms with van der Waals surface area (Å²) in [5, 5.41) is 8.72. The van der Waals surface area contributed by atoms with Gasteiger partial charge in [-0.05, 0) is 78.6 Å². The Bertz CT molecular complexity index is 1050. The number of hydrogen-bond acceptors (Lipinski definition) is 1. The Morgan fingerprint density at radius 2 is 1.03 bits per heavy atom. The minimum Gasteiger partial charge on any atom is -0.207 e. The lowest BCUT2D eigenvalue weighted by atomic mass is 9.98. The van der Waals surface area contributed by atoms with Crippen molar-refractivity contribution in [3.63, 3.8) is 0 Å². The highest BCUT2D eigenvalue weighted by molar-refractivity contribution is 5.36. The Labute approximate surface area is 180 Å². The van der Waals surface area contributed by atoms with E-state index in [0.29, 0.717) is 18.4 Å². The highest BCUT2D eigenvalue weighted by Crippen LogP contribution is 2.21. The van der Waals surface area contributed by atoms with Crippen molar-refractivity contribution in [1.82, 2.24) is 0 Å². The Hall–Kier alpha value is -3.13. The summed E-state index contributed by atoms with van der Waals surface area (Å²) in [5.74, 6) is -3.28. The lowest BCUT2D eigenvalue weighted by Crippen LogP contribution is -2.03. The summed E-state index contributed by atoms with van der Waals surface area (Å²) < 4.78 is 56.5. The fraction of sp³-hybridized carbons (Fsp3) is 0.269. The Morgan fingerprint density at radius 1 is 0.613 bits per heavy atom. The third-order valence-corrected chi connectivity index (χ3v) is 5.34. The highest BCUT2D eigenvalue weighted by Gasteiger charge is 2.14. The number of rotatable bonds is 8. The maximum atomic E-state index is 14.5. The quantitative estimate of drug-likeness (QED) is 0.371. The molecule has 160 valence electrons. The fourth-order valence-corrected chi connectivity index (χ4v) is 3.63. The third-order valence-electron chi connectivity index (χ3n) is 5.34. The second-order valence-corrected chi connectivity index (χ2v) is 7.65. The van der Waals surface area contributed by atoms with Crippen LogP contribution in [0.1, 0.15) is 46.7 Å². The van der Waals surface area contributed by atoms with Crippen LogP contribution in [0, 0.1) is 34.6 Å². The van der Waals surface area contributed by atoms with Crippen molar-refractivity contribution in [3.8, 4) is 6.07 Å². The molecule has 3 aromatic carbocycles. The molecule has 1 nitrogen and oxygen atoms in total. The molecule has 0 aromatic heterocycles. The van der Waals surface area contributed by atoms with Crippen molar-refractivity contribution in [3.05, 3.63) is 105 Å². The molecule has 0 aliphatic carbocycles. The van der Waals surface area contributed by atoms with Crippen LogP contribution in [0.3, 0.4) is 0 Å². The van der Waals surface area contributed by atoms with Gasteiger partial charge in [-0.25, -0.2) is 17.6 Å². The summed E-state index contributed by atoms with van der Waals surface area (Å²) in [6.45, 7) is 2.13. The molecule has 31 heavy (non-hydrogen) atoms. The van der Waals surface area contributed by atoms with Gasteiger partial charge in [0.05, 0.1) is 0 Å². The number of halogens is 4. The second-order valence-electron chi connectivity index (χ2n) is 7.65. The molecule has 0 fully saturated rings. The van der Waals surface area contributed by atoms with Crippen LogP contribution in [0.25, 0.3) is 0 Å². The van der Waals surface area contributed by atoms with Crippen LogP contribution < -0.4 is 0 Å². The molecule has 0 aliphatic heterocycles. The fourth-order valence-electron chi connectivity index (χ4n) is 3.63. The summed E-state index contributed by atoms with van der Waals surface area (Å²) in [5.41, 5.74) is 2.41. The van der Waals surface area contributed by atoms with Crippen LogP contribution in [-0.2, 0) is 32.1 Å². The minimum atomic E-state index is -0.975. The van der Waals surface area contributed by atoms with E-state index >= 15 is 0 Å². The standard InChI is InChI=1S/C26H23F4N/c1-2-3-17-4-6-18(7-5-17)8-9-19-12-23(27)21(24(28)13-19)11-10-20-14-25(29)22(16-31)26(30)15-20/h4-7,12-15H,2-3,8-11H2,1H3. The van der Waals surface area contributed by atoms with E-state index in [2.05, 4.69) is 19.1 Å². The molecule has 3 aromatic rings. The molecule has 0 spiro atoms. The van der Waals surface area contributed by atoms with E-state index in [1.54, 1.807) is 0 Å². The molecule has 0 heterocycles. The first-order chi connectivity index (χ1) is 14.9. The molecule has 0 amide bonds. The maximum Gasteiger partial charge on any atom is 0.144 e. The molecule has 0 radical (unpaired) electrons. The molecule has 0 saturated carbocycles. The van der Waals surface area contributed by atoms with E-state index in [-0.39, 0.29) is 24.0 Å². The zero-order valence-electron chi connectivity index (χ0n) is 17.3. The molecule has 0 N–H and O–H groups in total. The lowest BCUT2D eigenvalue weighted by Gasteiger charge is -2.10. The largest absolute Gasteiger partial charge is 0.207 e. The normalized spacial score (nSPS) is 10.8. The van der Waals surface area contributed by atoms with E-state index in [0.717, 1.165) is 30.5 Å². The molecular formula is C26H23F4N. The molecule has 0 atom stereocenters. The molecule has 0 saturated heterocycles. The molecular weight excluding hydrogens is 402 g/mol. The van der Waals surface area contributed by atoms with Crippen molar-refractivity contribution in [2.75, 3.05) is 0 Å². The second kappa shape index (κ2) is 10.3. The van der Waals surface area contributed by atoms with Crippen molar-refractivity contribution in [2.45, 2.75) is 45.4 Å². The van der Waals surface area contributed by atoms with Crippen LogP contribution in [0.15, 0.2) is 48.5 Å². The number of nitriles is 1. The average molecular weight is 425 g/mol. The summed E-state index contributed by atoms with van der Waals surface area (Å²) in [7, 11) is 0. The highest BCUT2D eigenvalue weighted by atomic mass is 19.1. The van der Waals surface area contributed by atoms with Gasteiger partial charge in [0.2, 0.25) is 0 Å². The first-order valence-corrected chi connectivity index (χ1v) is 10.3. The number of hydrogen-bond donors (Lipinski definition) is 0. The maximum absolute atomic E-state index is 14.5. The van der Waals surface area contributed by atoms with Crippen LogP contribution in [0.2, 0.25) is 0 Å². The van der Waals surface area contributed by atoms with E-state index in [4.69, 9.17) is 5.26 Å². The van der Waals surface area contributed by atoms with Crippen LogP contribution in [0.5, 0.6) is 0 Å². The topological polar surface area (TPSA) is 23.8 Å². The average Bonchev–Trinajstić information content (AvgIpc) is 2.73. The summed E-state index contributed by atoms with van der Waals surface area (Å²) >= 11 is 0. The molecule has 0 aliphatic rings. The summed E-state index contributed by atoms with van der Waals surface area (Å²) in [6.07, 6.45) is 3.30. The third kappa shape index (κ3) is 5.73. The van der Waals surface area contributed by atoms with E-state index in [1.165, 1.54) is 23.8 Å².